The van der Waals surface area contributed by atoms with Gasteiger partial charge in [0.25, 0.3) is 0 Å². The lowest BCUT2D eigenvalue weighted by atomic mass is 9.98. The first-order valence-corrected chi connectivity index (χ1v) is 7.07. The maximum Gasteiger partial charge on any atom is 0.314 e. The van der Waals surface area contributed by atoms with Gasteiger partial charge in [0.05, 0.1) is 13.0 Å². The molecule has 0 radical (unpaired) electrons. The first-order valence-electron chi connectivity index (χ1n) is 7.07. The Balaban J connectivity index is 1.92. The summed E-state index contributed by atoms with van der Waals surface area (Å²) in [5.41, 5.74) is 1.01. The molecule has 0 aromatic heterocycles. The Hall–Kier alpha value is -1.35. The molecule has 1 aliphatic rings. The number of esters is 1. The Kier molecular flexibility index (Phi) is 4.97. The third-order valence-corrected chi connectivity index (χ3v) is 3.74. The molecule has 1 N–H and O–H groups in total. The van der Waals surface area contributed by atoms with Gasteiger partial charge in [0.15, 0.2) is 0 Å². The highest BCUT2D eigenvalue weighted by Crippen LogP contribution is 2.33. The molecular weight excluding hydrogens is 238 g/mol. The number of carbonyl (C=O) groups is 1. The van der Waals surface area contributed by atoms with Gasteiger partial charge in [-0.15, -0.1) is 0 Å². The van der Waals surface area contributed by atoms with Crippen LogP contribution in [0.15, 0.2) is 30.3 Å². The molecule has 0 aliphatic heterocycles. The molecule has 0 saturated heterocycles. The topological polar surface area (TPSA) is 38.3 Å². The lowest BCUT2D eigenvalue weighted by Gasteiger charge is -2.19. The quantitative estimate of drug-likeness (QED) is 0.767. The lowest BCUT2D eigenvalue weighted by Crippen LogP contribution is -2.34. The highest BCUT2D eigenvalue weighted by Gasteiger charge is 2.25. The SMILES string of the molecule is COC(=O)C(CNC(C)CC1CC1)c1ccccc1. The van der Waals surface area contributed by atoms with E-state index in [0.717, 1.165) is 11.5 Å². The molecule has 0 amide bonds. The standard InChI is InChI=1S/C16H23NO2/c1-12(10-13-8-9-13)17-11-15(16(18)19-2)14-6-4-3-5-7-14/h3-7,12-13,15,17H,8-11H2,1-2H3. The van der Waals surface area contributed by atoms with Crippen LogP contribution in [0.5, 0.6) is 0 Å². The van der Waals surface area contributed by atoms with E-state index >= 15 is 0 Å². The molecule has 104 valence electrons. The first-order chi connectivity index (χ1) is 9.20. The monoisotopic (exact) mass is 261 g/mol. The molecule has 2 atom stereocenters. The third-order valence-electron chi connectivity index (χ3n) is 3.74. The molecular formula is C16H23NO2. The number of hydrogen-bond acceptors (Lipinski definition) is 3. The van der Waals surface area contributed by atoms with E-state index in [-0.39, 0.29) is 11.9 Å². The number of benzene rings is 1. The Bertz CT molecular complexity index is 400. The van der Waals surface area contributed by atoms with Gasteiger partial charge in [-0.3, -0.25) is 4.79 Å². The molecule has 1 saturated carbocycles. The number of ether oxygens (including phenoxy) is 1. The fourth-order valence-corrected chi connectivity index (χ4v) is 2.42. The molecule has 19 heavy (non-hydrogen) atoms. The zero-order valence-electron chi connectivity index (χ0n) is 11.8. The second-order valence-corrected chi connectivity index (χ2v) is 5.47. The van der Waals surface area contributed by atoms with Gasteiger partial charge in [0.1, 0.15) is 0 Å². The molecule has 3 nitrogen and oxygen atoms in total. The van der Waals surface area contributed by atoms with Crippen LogP contribution >= 0.6 is 0 Å². The van der Waals surface area contributed by atoms with E-state index < -0.39 is 0 Å². The van der Waals surface area contributed by atoms with Gasteiger partial charge in [0.2, 0.25) is 0 Å². The Morgan fingerprint density at radius 3 is 2.63 bits per heavy atom. The zero-order valence-corrected chi connectivity index (χ0v) is 11.8. The highest BCUT2D eigenvalue weighted by atomic mass is 16.5. The highest BCUT2D eigenvalue weighted by molar-refractivity contribution is 5.78. The van der Waals surface area contributed by atoms with Crippen LogP contribution < -0.4 is 5.32 Å². The molecule has 1 aliphatic carbocycles. The average molecular weight is 261 g/mol. The predicted octanol–water partition coefficient (Wildman–Crippen LogP) is 2.72. The van der Waals surface area contributed by atoms with Crippen LogP contribution in [-0.2, 0) is 9.53 Å². The van der Waals surface area contributed by atoms with E-state index in [2.05, 4.69) is 12.2 Å². The van der Waals surface area contributed by atoms with E-state index in [4.69, 9.17) is 4.74 Å². The summed E-state index contributed by atoms with van der Waals surface area (Å²) in [6.45, 7) is 2.84. The zero-order chi connectivity index (χ0) is 13.7. The number of hydrogen-bond donors (Lipinski definition) is 1. The molecule has 3 heteroatoms. The van der Waals surface area contributed by atoms with Crippen LogP contribution in [0.1, 0.15) is 37.7 Å². The summed E-state index contributed by atoms with van der Waals surface area (Å²) in [5.74, 6) is 0.515. The van der Waals surface area contributed by atoms with Gasteiger partial charge < -0.3 is 10.1 Å². The van der Waals surface area contributed by atoms with Crippen molar-refractivity contribution in [3.8, 4) is 0 Å². The van der Waals surface area contributed by atoms with Crippen LogP contribution in [0, 0.1) is 5.92 Å². The van der Waals surface area contributed by atoms with Crippen LogP contribution in [0.25, 0.3) is 0 Å². The Labute approximate surface area is 115 Å². The van der Waals surface area contributed by atoms with E-state index in [1.807, 2.05) is 30.3 Å². The Morgan fingerprint density at radius 1 is 1.37 bits per heavy atom. The largest absolute Gasteiger partial charge is 0.469 e. The smallest absolute Gasteiger partial charge is 0.314 e. The molecule has 1 aromatic carbocycles. The minimum absolute atomic E-state index is 0.169. The summed E-state index contributed by atoms with van der Waals surface area (Å²) in [7, 11) is 1.45. The van der Waals surface area contributed by atoms with Crippen molar-refractivity contribution in [2.75, 3.05) is 13.7 Å². The van der Waals surface area contributed by atoms with Crippen LogP contribution in [0.3, 0.4) is 0 Å². The maximum absolute atomic E-state index is 11.9. The van der Waals surface area contributed by atoms with E-state index in [1.54, 1.807) is 0 Å². The van der Waals surface area contributed by atoms with Crippen molar-refractivity contribution in [3.05, 3.63) is 35.9 Å². The maximum atomic E-state index is 11.9. The molecule has 2 rings (SSSR count). The van der Waals surface area contributed by atoms with Crippen molar-refractivity contribution in [2.24, 2.45) is 5.92 Å². The summed E-state index contributed by atoms with van der Waals surface area (Å²) >= 11 is 0. The number of nitrogens with one attached hydrogen (secondary N) is 1. The van der Waals surface area contributed by atoms with Gasteiger partial charge in [-0.05, 0) is 24.8 Å². The molecule has 1 aromatic rings. The minimum Gasteiger partial charge on any atom is -0.469 e. The van der Waals surface area contributed by atoms with Gasteiger partial charge in [-0.25, -0.2) is 0 Å². The van der Waals surface area contributed by atoms with Crippen molar-refractivity contribution in [3.63, 3.8) is 0 Å². The minimum atomic E-state index is -0.215. The van der Waals surface area contributed by atoms with Crippen molar-refractivity contribution in [1.29, 1.82) is 0 Å². The van der Waals surface area contributed by atoms with Crippen molar-refractivity contribution < 1.29 is 9.53 Å². The molecule has 0 heterocycles. The molecule has 0 bridgehead atoms. The first kappa shape index (κ1) is 14.1. The second-order valence-electron chi connectivity index (χ2n) is 5.47. The van der Waals surface area contributed by atoms with E-state index in [1.165, 1.54) is 26.4 Å². The van der Waals surface area contributed by atoms with Gasteiger partial charge in [-0.1, -0.05) is 43.2 Å². The van der Waals surface area contributed by atoms with Gasteiger partial charge >= 0.3 is 5.97 Å². The summed E-state index contributed by atoms with van der Waals surface area (Å²) in [6.07, 6.45) is 3.94. The fraction of sp³-hybridized carbons (Fsp3) is 0.562. The van der Waals surface area contributed by atoms with Crippen LogP contribution in [-0.4, -0.2) is 25.7 Å². The predicted molar refractivity (Wildman–Crippen MR) is 76.0 cm³/mol. The van der Waals surface area contributed by atoms with E-state index in [0.29, 0.717) is 12.6 Å². The third kappa shape index (κ3) is 4.35. The van der Waals surface area contributed by atoms with Crippen molar-refractivity contribution >= 4 is 5.97 Å². The molecule has 1 fully saturated rings. The van der Waals surface area contributed by atoms with E-state index in [9.17, 15) is 4.79 Å². The summed E-state index contributed by atoms with van der Waals surface area (Å²) in [4.78, 5) is 11.9. The Morgan fingerprint density at radius 2 is 2.05 bits per heavy atom. The van der Waals surface area contributed by atoms with Gasteiger partial charge in [0, 0.05) is 12.6 Å². The molecule has 0 spiro atoms. The number of methoxy groups -OCH3 is 1. The van der Waals surface area contributed by atoms with Crippen molar-refractivity contribution in [1.82, 2.24) is 5.32 Å². The fourth-order valence-electron chi connectivity index (χ4n) is 2.42. The van der Waals surface area contributed by atoms with Gasteiger partial charge in [-0.2, -0.15) is 0 Å². The summed E-state index contributed by atoms with van der Waals surface area (Å²) in [6, 6.07) is 10.3. The number of rotatable bonds is 7. The lowest BCUT2D eigenvalue weighted by molar-refractivity contribution is -0.142. The average Bonchev–Trinajstić information content (AvgIpc) is 3.23. The van der Waals surface area contributed by atoms with Crippen molar-refractivity contribution in [2.45, 2.75) is 38.1 Å². The summed E-state index contributed by atoms with van der Waals surface area (Å²) < 4.78 is 4.91. The summed E-state index contributed by atoms with van der Waals surface area (Å²) in [5, 5.41) is 3.47. The number of carbonyl (C=O) groups excluding carboxylic acids is 1. The van der Waals surface area contributed by atoms with Crippen LogP contribution in [0.4, 0.5) is 0 Å². The van der Waals surface area contributed by atoms with Crippen LogP contribution in [0.2, 0.25) is 0 Å². The second kappa shape index (κ2) is 6.71. The normalized spacial score (nSPS) is 17.8. The molecule has 2 unspecified atom stereocenters.